The largest absolute Gasteiger partial charge is 1.00 e. The van der Waals surface area contributed by atoms with Gasteiger partial charge in [-0.2, -0.15) is 0 Å². The molecule has 0 saturated carbocycles. The number of halogens is 1. The van der Waals surface area contributed by atoms with Crippen LogP contribution in [0.4, 0.5) is 0 Å². The number of nitrogens with zero attached hydrogens (tertiary/aromatic N) is 1. The highest BCUT2D eigenvalue weighted by Crippen LogP contribution is 2.17. The number of rotatable bonds is 19. The molecule has 0 spiro atoms. The summed E-state index contributed by atoms with van der Waals surface area (Å²) >= 11 is 0. The first-order valence-corrected chi connectivity index (χ1v) is 13.0. The zero-order valence-corrected chi connectivity index (χ0v) is 21.4. The van der Waals surface area contributed by atoms with Crippen LogP contribution >= 0.6 is 0 Å². The summed E-state index contributed by atoms with van der Waals surface area (Å²) in [6, 6.07) is 0.894. The smallest absolute Gasteiger partial charge is 0.500 e. The van der Waals surface area contributed by atoms with Gasteiger partial charge in [0.05, 0.1) is 27.2 Å². The van der Waals surface area contributed by atoms with Crippen molar-refractivity contribution in [1.82, 2.24) is 0 Å². The van der Waals surface area contributed by atoms with E-state index >= 15 is 0 Å². The summed E-state index contributed by atoms with van der Waals surface area (Å²) in [4.78, 5) is 0. The molecule has 0 rings (SSSR count). The predicted molar refractivity (Wildman–Crippen MR) is 119 cm³/mol. The van der Waals surface area contributed by atoms with Gasteiger partial charge in [0, 0.05) is 33.8 Å². The average Bonchev–Trinajstić information content (AvgIpc) is 2.66. The van der Waals surface area contributed by atoms with Crippen LogP contribution in [0.1, 0.15) is 77.6 Å². The first-order valence-electron chi connectivity index (χ1n) is 11.1. The van der Waals surface area contributed by atoms with Crippen molar-refractivity contribution in [3.8, 4) is 0 Å². The molecule has 0 aliphatic rings. The lowest BCUT2D eigenvalue weighted by Gasteiger charge is -2.31. The zero-order chi connectivity index (χ0) is 20.4. The number of quaternary nitrogens is 1. The molecule has 0 bridgehead atoms. The molecule has 6 heteroatoms. The van der Waals surface area contributed by atoms with E-state index in [0.717, 1.165) is 23.5 Å². The Morgan fingerprint density at radius 3 is 1.68 bits per heavy atom. The summed E-state index contributed by atoms with van der Waals surface area (Å²) < 4.78 is 17.6. The molecule has 0 aromatic heterocycles. The molecule has 0 aromatic carbocycles. The van der Waals surface area contributed by atoms with Crippen LogP contribution in [0.25, 0.3) is 0 Å². The maximum absolute atomic E-state index is 5.51. The number of allylic oxidation sites excluding steroid dienone is 2. The van der Waals surface area contributed by atoms with Crippen molar-refractivity contribution in [3.63, 3.8) is 0 Å². The van der Waals surface area contributed by atoms with Crippen LogP contribution in [0.15, 0.2) is 12.2 Å². The predicted octanol–water partition coefficient (Wildman–Crippen LogP) is 2.81. The third-order valence-electron chi connectivity index (χ3n) is 5.45. The fraction of sp³-hybridized carbons (Fsp3) is 0.909. The molecule has 0 atom stereocenters. The van der Waals surface area contributed by atoms with Crippen LogP contribution in [-0.2, 0) is 13.3 Å². The first kappa shape index (κ1) is 30.3. The number of unbranched alkanes of at least 4 members (excludes halogenated alkanes) is 8. The summed E-state index contributed by atoms with van der Waals surface area (Å²) in [6.45, 7) is 4.65. The van der Waals surface area contributed by atoms with Gasteiger partial charge in [-0.25, -0.2) is 0 Å². The Morgan fingerprint density at radius 1 is 0.679 bits per heavy atom. The van der Waals surface area contributed by atoms with Crippen LogP contribution in [0, 0.1) is 0 Å². The topological polar surface area (TPSA) is 27.7 Å². The minimum atomic E-state index is -2.40. The Morgan fingerprint density at radius 2 is 1.14 bits per heavy atom. The van der Waals surface area contributed by atoms with E-state index in [4.69, 9.17) is 13.3 Å². The van der Waals surface area contributed by atoms with E-state index in [1.165, 1.54) is 70.8 Å². The third kappa shape index (κ3) is 15.9. The molecular weight excluding hydrogens is 390 g/mol. The van der Waals surface area contributed by atoms with E-state index in [2.05, 4.69) is 33.2 Å². The highest BCUT2D eigenvalue weighted by atomic mass is 35.5. The van der Waals surface area contributed by atoms with Crippen molar-refractivity contribution in [2.45, 2.75) is 83.6 Å². The second-order valence-corrected chi connectivity index (χ2v) is 11.4. The van der Waals surface area contributed by atoms with E-state index in [9.17, 15) is 0 Å². The fourth-order valence-corrected chi connectivity index (χ4v) is 5.16. The first-order chi connectivity index (χ1) is 12.9. The van der Waals surface area contributed by atoms with Crippen molar-refractivity contribution >= 4 is 8.80 Å². The summed E-state index contributed by atoms with van der Waals surface area (Å²) in [5.74, 6) is 0. The second-order valence-electron chi connectivity index (χ2n) is 8.31. The van der Waals surface area contributed by atoms with E-state index in [1.54, 1.807) is 21.3 Å². The molecule has 0 unspecified atom stereocenters. The van der Waals surface area contributed by atoms with Gasteiger partial charge in [-0.1, -0.05) is 51.2 Å². The van der Waals surface area contributed by atoms with Crippen molar-refractivity contribution in [2.24, 2.45) is 0 Å². The Hall–Kier alpha value is 0.0869. The number of hydrogen-bond acceptors (Lipinski definition) is 3. The lowest BCUT2D eigenvalue weighted by atomic mass is 10.1. The second kappa shape index (κ2) is 19.1. The standard InChI is InChI=1S/C22H48NO3Si.ClH/c1-7-8-9-10-11-12-13-14-15-16-17-18-20-23(2,3)21-19-22-27(24-4,25-5)26-6;/h10-11H,7-9,12-22H2,1-6H3;1H/q+1;/p-1/b11-10-;. The lowest BCUT2D eigenvalue weighted by molar-refractivity contribution is -0.890. The molecule has 0 N–H and O–H groups in total. The van der Waals surface area contributed by atoms with Gasteiger partial charge in [-0.05, 0) is 32.1 Å². The molecule has 0 amide bonds. The third-order valence-corrected chi connectivity index (χ3v) is 8.29. The van der Waals surface area contributed by atoms with Crippen molar-refractivity contribution in [1.29, 1.82) is 0 Å². The SMILES string of the molecule is CCCC/C=C\CCCCCCCC[N+](C)(C)CCC[Si](OC)(OC)OC.[Cl-]. The molecule has 0 radical (unpaired) electrons. The Labute approximate surface area is 183 Å². The maximum atomic E-state index is 5.51. The summed E-state index contributed by atoms with van der Waals surface area (Å²) in [6.07, 6.45) is 19.2. The van der Waals surface area contributed by atoms with Crippen LogP contribution < -0.4 is 12.4 Å². The molecule has 28 heavy (non-hydrogen) atoms. The van der Waals surface area contributed by atoms with Crippen LogP contribution in [0.2, 0.25) is 6.04 Å². The lowest BCUT2D eigenvalue weighted by Crippen LogP contribution is -3.00. The van der Waals surface area contributed by atoms with Crippen LogP contribution in [-0.4, -0.2) is 61.8 Å². The van der Waals surface area contributed by atoms with E-state index in [0.29, 0.717) is 0 Å². The van der Waals surface area contributed by atoms with Gasteiger partial charge in [0.2, 0.25) is 0 Å². The van der Waals surface area contributed by atoms with Crippen molar-refractivity contribution in [2.75, 3.05) is 48.5 Å². The van der Waals surface area contributed by atoms with Gasteiger partial charge in [0.25, 0.3) is 0 Å². The fourth-order valence-electron chi connectivity index (χ4n) is 3.46. The Kier molecular flexibility index (Phi) is 20.6. The summed E-state index contributed by atoms with van der Waals surface area (Å²) in [7, 11) is 7.36. The molecular formula is C22H48ClNO3Si. The van der Waals surface area contributed by atoms with Crippen molar-refractivity contribution < 1.29 is 30.2 Å². The summed E-state index contributed by atoms with van der Waals surface area (Å²) in [5.41, 5.74) is 0. The van der Waals surface area contributed by atoms with Crippen molar-refractivity contribution in [3.05, 3.63) is 12.2 Å². The molecule has 0 heterocycles. The van der Waals surface area contributed by atoms with Gasteiger partial charge in [0.15, 0.2) is 0 Å². The van der Waals surface area contributed by atoms with Gasteiger partial charge in [-0.15, -0.1) is 0 Å². The normalized spacial score (nSPS) is 12.5. The van der Waals surface area contributed by atoms with Gasteiger partial charge in [-0.3, -0.25) is 0 Å². The molecule has 0 saturated heterocycles. The molecule has 170 valence electrons. The summed E-state index contributed by atoms with van der Waals surface area (Å²) in [5, 5.41) is 0. The van der Waals surface area contributed by atoms with E-state index < -0.39 is 8.80 Å². The quantitative estimate of drug-likeness (QED) is 0.134. The molecule has 0 aliphatic heterocycles. The van der Waals surface area contributed by atoms with E-state index in [-0.39, 0.29) is 12.4 Å². The highest BCUT2D eigenvalue weighted by molar-refractivity contribution is 6.60. The molecule has 4 nitrogen and oxygen atoms in total. The van der Waals surface area contributed by atoms with Crippen LogP contribution in [0.3, 0.4) is 0 Å². The zero-order valence-electron chi connectivity index (χ0n) is 19.6. The van der Waals surface area contributed by atoms with E-state index in [1.807, 2.05) is 0 Å². The van der Waals surface area contributed by atoms with Gasteiger partial charge in [0.1, 0.15) is 0 Å². The monoisotopic (exact) mass is 437 g/mol. The number of hydrogen-bond donors (Lipinski definition) is 0. The average molecular weight is 438 g/mol. The van der Waals surface area contributed by atoms with Gasteiger partial charge < -0.3 is 30.2 Å². The molecule has 0 aromatic rings. The minimum absolute atomic E-state index is 0. The Balaban J connectivity index is 0. The van der Waals surface area contributed by atoms with Crippen LogP contribution in [0.5, 0.6) is 0 Å². The highest BCUT2D eigenvalue weighted by Gasteiger charge is 2.37. The molecule has 0 fully saturated rings. The maximum Gasteiger partial charge on any atom is 0.500 e. The molecule has 0 aliphatic carbocycles. The minimum Gasteiger partial charge on any atom is -1.00 e. The van der Waals surface area contributed by atoms with Gasteiger partial charge >= 0.3 is 8.80 Å². The Bertz CT molecular complexity index is 355.